The lowest BCUT2D eigenvalue weighted by Crippen LogP contribution is -2.11. The predicted molar refractivity (Wildman–Crippen MR) is 59.6 cm³/mol. The van der Waals surface area contributed by atoms with E-state index in [2.05, 4.69) is 0 Å². The Balaban J connectivity index is 1.89. The van der Waals surface area contributed by atoms with E-state index < -0.39 is 11.7 Å². The summed E-state index contributed by atoms with van der Waals surface area (Å²) >= 11 is 0. The molecule has 0 N–H and O–H groups in total. The zero-order valence-corrected chi connectivity index (χ0v) is 9.50. The smallest absolute Gasteiger partial charge is 0.166 e. The van der Waals surface area contributed by atoms with Gasteiger partial charge in [-0.15, -0.1) is 0 Å². The Hall–Kier alpha value is -0.990. The molecule has 0 nitrogen and oxygen atoms in total. The molecule has 0 heterocycles. The highest BCUT2D eigenvalue weighted by Gasteiger charge is 2.40. The summed E-state index contributed by atoms with van der Waals surface area (Å²) in [5.41, 5.74) is 0.393. The monoisotopic (exact) mass is 240 g/mol. The number of benzene rings is 1. The van der Waals surface area contributed by atoms with Crippen LogP contribution in [0.15, 0.2) is 24.3 Å². The Morgan fingerprint density at radius 3 is 2.47 bits per heavy atom. The van der Waals surface area contributed by atoms with Crippen molar-refractivity contribution >= 4 is 0 Å². The quantitative estimate of drug-likeness (QED) is 0.672. The molecule has 2 bridgehead atoms. The first kappa shape index (κ1) is 11.1. The van der Waals surface area contributed by atoms with Gasteiger partial charge in [-0.2, -0.15) is 13.2 Å². The van der Waals surface area contributed by atoms with Crippen LogP contribution in [0.2, 0.25) is 0 Å². The molecule has 3 heteroatoms. The van der Waals surface area contributed by atoms with Crippen molar-refractivity contribution in [2.45, 2.75) is 37.8 Å². The van der Waals surface area contributed by atoms with Crippen LogP contribution in [0.5, 0.6) is 0 Å². The number of rotatable bonds is 1. The molecule has 0 amide bonds. The Morgan fingerprint density at radius 2 is 1.88 bits per heavy atom. The van der Waals surface area contributed by atoms with Crippen LogP contribution < -0.4 is 0 Å². The van der Waals surface area contributed by atoms with Crippen molar-refractivity contribution in [2.24, 2.45) is 11.8 Å². The third kappa shape index (κ3) is 1.96. The van der Waals surface area contributed by atoms with Crippen LogP contribution in [0, 0.1) is 11.8 Å². The minimum atomic E-state index is -4.21. The third-order valence-corrected chi connectivity index (χ3v) is 4.38. The van der Waals surface area contributed by atoms with Crippen LogP contribution >= 0.6 is 0 Å². The average molecular weight is 240 g/mol. The van der Waals surface area contributed by atoms with E-state index in [0.29, 0.717) is 11.8 Å². The molecule has 2 aliphatic carbocycles. The maximum Gasteiger partial charge on any atom is 0.416 e. The van der Waals surface area contributed by atoms with Gasteiger partial charge in [0.05, 0.1) is 5.56 Å². The second-order valence-corrected chi connectivity index (χ2v) is 5.40. The van der Waals surface area contributed by atoms with E-state index >= 15 is 0 Å². The van der Waals surface area contributed by atoms with Gasteiger partial charge in [-0.1, -0.05) is 24.6 Å². The summed E-state index contributed by atoms with van der Waals surface area (Å²) in [7, 11) is 0. The summed E-state index contributed by atoms with van der Waals surface area (Å²) in [6.45, 7) is 0. The first-order valence-electron chi connectivity index (χ1n) is 6.21. The van der Waals surface area contributed by atoms with E-state index in [1.54, 1.807) is 6.07 Å². The Bertz CT molecular complexity index is 422. The standard InChI is InChI=1S/C14H15F3/c15-14(16,17)12-3-1-2-10(8-12)13-7-9-4-5-11(13)6-9/h1-3,8-9,11,13H,4-7H2. The van der Waals surface area contributed by atoms with E-state index in [9.17, 15) is 13.2 Å². The summed E-state index contributed by atoms with van der Waals surface area (Å²) in [4.78, 5) is 0. The van der Waals surface area contributed by atoms with Gasteiger partial charge in [0.2, 0.25) is 0 Å². The molecular weight excluding hydrogens is 225 g/mol. The summed E-state index contributed by atoms with van der Waals surface area (Å²) < 4.78 is 37.9. The van der Waals surface area contributed by atoms with E-state index in [1.807, 2.05) is 6.07 Å². The van der Waals surface area contributed by atoms with Gasteiger partial charge in [0, 0.05) is 0 Å². The Labute approximate surface area is 98.8 Å². The molecule has 0 saturated heterocycles. The van der Waals surface area contributed by atoms with Gasteiger partial charge in [0.1, 0.15) is 0 Å². The van der Waals surface area contributed by atoms with Crippen LogP contribution in [0.4, 0.5) is 13.2 Å². The molecule has 0 radical (unpaired) electrons. The van der Waals surface area contributed by atoms with Gasteiger partial charge in [0.15, 0.2) is 0 Å². The minimum absolute atomic E-state index is 0.371. The molecule has 3 rings (SSSR count). The average Bonchev–Trinajstić information content (AvgIpc) is 2.89. The summed E-state index contributed by atoms with van der Waals surface area (Å²) in [6.07, 6.45) is 0.576. The second-order valence-electron chi connectivity index (χ2n) is 5.40. The molecule has 0 spiro atoms. The van der Waals surface area contributed by atoms with Gasteiger partial charge in [-0.25, -0.2) is 0 Å². The summed E-state index contributed by atoms with van der Waals surface area (Å²) in [6, 6.07) is 5.92. The van der Waals surface area contributed by atoms with Crippen LogP contribution in [0.25, 0.3) is 0 Å². The molecule has 0 aliphatic heterocycles. The highest BCUT2D eigenvalue weighted by Crippen LogP contribution is 2.53. The van der Waals surface area contributed by atoms with Crippen LogP contribution in [-0.2, 0) is 6.18 Å². The number of fused-ring (bicyclic) bond motifs is 2. The van der Waals surface area contributed by atoms with Gasteiger partial charge in [0.25, 0.3) is 0 Å². The highest BCUT2D eigenvalue weighted by atomic mass is 19.4. The van der Waals surface area contributed by atoms with Crippen LogP contribution in [0.3, 0.4) is 0 Å². The third-order valence-electron chi connectivity index (χ3n) is 4.38. The molecule has 2 saturated carbocycles. The number of alkyl halides is 3. The normalized spacial score (nSPS) is 32.1. The number of hydrogen-bond acceptors (Lipinski definition) is 0. The van der Waals surface area contributed by atoms with Crippen molar-refractivity contribution in [1.82, 2.24) is 0 Å². The van der Waals surface area contributed by atoms with E-state index in [1.165, 1.54) is 25.3 Å². The van der Waals surface area contributed by atoms with Crippen molar-refractivity contribution in [3.8, 4) is 0 Å². The maximum absolute atomic E-state index is 12.6. The van der Waals surface area contributed by atoms with Gasteiger partial charge in [-0.05, 0) is 48.6 Å². The van der Waals surface area contributed by atoms with Crippen molar-refractivity contribution in [2.75, 3.05) is 0 Å². The molecule has 2 fully saturated rings. The summed E-state index contributed by atoms with van der Waals surface area (Å²) in [5, 5.41) is 0. The lowest BCUT2D eigenvalue weighted by atomic mass is 9.83. The fourth-order valence-electron chi connectivity index (χ4n) is 3.60. The van der Waals surface area contributed by atoms with Gasteiger partial charge >= 0.3 is 6.18 Å². The van der Waals surface area contributed by atoms with Crippen LogP contribution in [-0.4, -0.2) is 0 Å². The SMILES string of the molecule is FC(F)(F)c1cccc(C2CC3CCC2C3)c1. The second kappa shape index (κ2) is 3.76. The maximum atomic E-state index is 12.6. The molecule has 2 aliphatic rings. The topological polar surface area (TPSA) is 0 Å². The number of hydrogen-bond donors (Lipinski definition) is 0. The van der Waals surface area contributed by atoms with Crippen molar-refractivity contribution in [1.29, 1.82) is 0 Å². The molecular formula is C14H15F3. The van der Waals surface area contributed by atoms with E-state index in [-0.39, 0.29) is 0 Å². The predicted octanol–water partition coefficient (Wildman–Crippen LogP) is 4.61. The largest absolute Gasteiger partial charge is 0.416 e. The molecule has 17 heavy (non-hydrogen) atoms. The molecule has 0 aromatic heterocycles. The summed E-state index contributed by atoms with van der Waals surface area (Å²) in [5.74, 6) is 1.76. The van der Waals surface area contributed by atoms with E-state index in [0.717, 1.165) is 24.0 Å². The lowest BCUT2D eigenvalue weighted by Gasteiger charge is -2.22. The Morgan fingerprint density at radius 1 is 1.06 bits per heavy atom. The van der Waals surface area contributed by atoms with Crippen LogP contribution in [0.1, 0.15) is 42.7 Å². The van der Waals surface area contributed by atoms with Crippen molar-refractivity contribution < 1.29 is 13.2 Å². The lowest BCUT2D eigenvalue weighted by molar-refractivity contribution is -0.137. The highest BCUT2D eigenvalue weighted by molar-refractivity contribution is 5.30. The van der Waals surface area contributed by atoms with Gasteiger partial charge in [-0.3, -0.25) is 0 Å². The number of halogens is 3. The molecule has 3 atom stereocenters. The Kier molecular flexibility index (Phi) is 2.46. The molecule has 1 aromatic rings. The van der Waals surface area contributed by atoms with Crippen molar-refractivity contribution in [3.05, 3.63) is 35.4 Å². The molecule has 92 valence electrons. The molecule has 1 aromatic carbocycles. The zero-order chi connectivity index (χ0) is 12.0. The first-order chi connectivity index (χ1) is 8.04. The minimum Gasteiger partial charge on any atom is -0.166 e. The van der Waals surface area contributed by atoms with E-state index in [4.69, 9.17) is 0 Å². The van der Waals surface area contributed by atoms with Gasteiger partial charge < -0.3 is 0 Å². The molecule has 3 unspecified atom stereocenters. The van der Waals surface area contributed by atoms with Crippen molar-refractivity contribution in [3.63, 3.8) is 0 Å². The fourth-order valence-corrected chi connectivity index (χ4v) is 3.60. The zero-order valence-electron chi connectivity index (χ0n) is 9.50. The first-order valence-corrected chi connectivity index (χ1v) is 6.21. The fraction of sp³-hybridized carbons (Fsp3) is 0.571.